The number of anilines is 1. The molecule has 0 radical (unpaired) electrons. The zero-order valence-electron chi connectivity index (χ0n) is 15.0. The first-order valence-corrected chi connectivity index (χ1v) is 11.0. The van der Waals surface area contributed by atoms with Gasteiger partial charge in [-0.25, -0.2) is 8.42 Å². The van der Waals surface area contributed by atoms with Gasteiger partial charge in [-0.05, 0) is 49.2 Å². The molecule has 144 valence electrons. The summed E-state index contributed by atoms with van der Waals surface area (Å²) < 4.78 is 28.0. The van der Waals surface area contributed by atoms with Gasteiger partial charge in [0.25, 0.3) is 0 Å². The maximum Gasteiger partial charge on any atom is 0.243 e. The SMILES string of the molecule is CN(NC(=O)[C@H]1CCCN(S(=O)(=O)c2ccc(Br)cc2)C1)c1ccccc1. The smallest absolute Gasteiger partial charge is 0.243 e. The first-order chi connectivity index (χ1) is 12.9. The lowest BCUT2D eigenvalue weighted by molar-refractivity contribution is -0.126. The summed E-state index contributed by atoms with van der Waals surface area (Å²) in [4.78, 5) is 12.9. The van der Waals surface area contributed by atoms with E-state index in [0.717, 1.165) is 10.2 Å². The van der Waals surface area contributed by atoms with Crippen molar-refractivity contribution < 1.29 is 13.2 Å². The normalized spacial score (nSPS) is 18.1. The molecule has 1 atom stereocenters. The van der Waals surface area contributed by atoms with Crippen LogP contribution in [0.4, 0.5) is 5.69 Å². The van der Waals surface area contributed by atoms with Crippen LogP contribution >= 0.6 is 15.9 Å². The Labute approximate surface area is 168 Å². The van der Waals surface area contributed by atoms with E-state index in [0.29, 0.717) is 19.4 Å². The van der Waals surface area contributed by atoms with Crippen molar-refractivity contribution in [1.82, 2.24) is 9.73 Å². The van der Waals surface area contributed by atoms with E-state index in [1.54, 1.807) is 36.3 Å². The van der Waals surface area contributed by atoms with Crippen molar-refractivity contribution in [2.45, 2.75) is 17.7 Å². The molecule has 1 fully saturated rings. The summed E-state index contributed by atoms with van der Waals surface area (Å²) in [6, 6.07) is 16.0. The monoisotopic (exact) mass is 451 g/mol. The maximum atomic E-state index is 12.9. The van der Waals surface area contributed by atoms with E-state index in [2.05, 4.69) is 21.4 Å². The highest BCUT2D eigenvalue weighted by Gasteiger charge is 2.33. The van der Waals surface area contributed by atoms with E-state index in [9.17, 15) is 13.2 Å². The summed E-state index contributed by atoms with van der Waals surface area (Å²) in [5.74, 6) is -0.549. The Kier molecular flexibility index (Phi) is 6.18. The number of rotatable bonds is 5. The Hall–Kier alpha value is -1.90. The fourth-order valence-corrected chi connectivity index (χ4v) is 4.89. The van der Waals surface area contributed by atoms with Gasteiger partial charge in [0.2, 0.25) is 15.9 Å². The summed E-state index contributed by atoms with van der Waals surface area (Å²) in [7, 11) is -1.84. The number of benzene rings is 2. The average molecular weight is 452 g/mol. The Bertz CT molecular complexity index is 888. The number of halogens is 1. The number of piperidine rings is 1. The molecule has 0 unspecified atom stereocenters. The number of carbonyl (C=O) groups excluding carboxylic acids is 1. The second-order valence-electron chi connectivity index (χ2n) is 6.53. The van der Waals surface area contributed by atoms with Crippen molar-refractivity contribution in [3.8, 4) is 0 Å². The number of hydrogen-bond acceptors (Lipinski definition) is 4. The summed E-state index contributed by atoms with van der Waals surface area (Å²) in [6.07, 6.45) is 1.32. The topological polar surface area (TPSA) is 69.7 Å². The van der Waals surface area contributed by atoms with E-state index in [1.165, 1.54) is 4.31 Å². The zero-order valence-corrected chi connectivity index (χ0v) is 17.4. The van der Waals surface area contributed by atoms with E-state index < -0.39 is 10.0 Å². The molecule has 1 N–H and O–H groups in total. The van der Waals surface area contributed by atoms with Crippen molar-refractivity contribution in [3.63, 3.8) is 0 Å². The van der Waals surface area contributed by atoms with Gasteiger partial charge in [0.15, 0.2) is 0 Å². The number of carbonyl (C=O) groups is 1. The van der Waals surface area contributed by atoms with E-state index in [-0.39, 0.29) is 23.3 Å². The van der Waals surface area contributed by atoms with Gasteiger partial charge in [-0.2, -0.15) is 4.31 Å². The molecule has 0 spiro atoms. The van der Waals surface area contributed by atoms with Crippen LogP contribution in [0.2, 0.25) is 0 Å². The largest absolute Gasteiger partial charge is 0.289 e. The van der Waals surface area contributed by atoms with Crippen molar-refractivity contribution >= 4 is 37.5 Å². The molecular weight excluding hydrogens is 430 g/mol. The van der Waals surface area contributed by atoms with Crippen LogP contribution in [-0.4, -0.2) is 38.8 Å². The maximum absolute atomic E-state index is 12.9. The van der Waals surface area contributed by atoms with Crippen LogP contribution in [0.15, 0.2) is 64.0 Å². The van der Waals surface area contributed by atoms with Crippen LogP contribution in [0.25, 0.3) is 0 Å². The lowest BCUT2D eigenvalue weighted by Crippen LogP contribution is -2.49. The van der Waals surface area contributed by atoms with Crippen LogP contribution in [0.5, 0.6) is 0 Å². The molecule has 2 aromatic carbocycles. The van der Waals surface area contributed by atoms with Gasteiger partial charge in [0.1, 0.15) is 0 Å². The first-order valence-electron chi connectivity index (χ1n) is 8.73. The van der Waals surface area contributed by atoms with Gasteiger partial charge in [-0.1, -0.05) is 34.1 Å². The molecule has 0 saturated carbocycles. The molecule has 0 aromatic heterocycles. The lowest BCUT2D eigenvalue weighted by Gasteiger charge is -2.32. The number of nitrogens with zero attached hydrogens (tertiary/aromatic N) is 2. The molecule has 1 saturated heterocycles. The first kappa shape index (κ1) is 19.9. The third-order valence-corrected chi connectivity index (χ3v) is 7.04. The van der Waals surface area contributed by atoms with Crippen molar-refractivity contribution in [2.24, 2.45) is 5.92 Å². The minimum Gasteiger partial charge on any atom is -0.289 e. The van der Waals surface area contributed by atoms with Gasteiger partial charge < -0.3 is 0 Å². The summed E-state index contributed by atoms with van der Waals surface area (Å²) in [5.41, 5.74) is 3.71. The fraction of sp³-hybridized carbons (Fsp3) is 0.316. The lowest BCUT2D eigenvalue weighted by atomic mass is 9.99. The van der Waals surface area contributed by atoms with E-state index >= 15 is 0 Å². The Balaban J connectivity index is 1.68. The Morgan fingerprint density at radius 2 is 1.81 bits per heavy atom. The molecule has 1 amide bonds. The molecule has 1 heterocycles. The van der Waals surface area contributed by atoms with Crippen molar-refractivity contribution in [2.75, 3.05) is 25.1 Å². The minimum atomic E-state index is -3.61. The molecule has 2 aromatic rings. The number of sulfonamides is 1. The molecule has 0 aliphatic carbocycles. The number of hydrogen-bond donors (Lipinski definition) is 1. The molecule has 3 rings (SSSR count). The average Bonchev–Trinajstić information content (AvgIpc) is 2.69. The second kappa shape index (κ2) is 8.41. The third kappa shape index (κ3) is 4.69. The highest BCUT2D eigenvalue weighted by molar-refractivity contribution is 9.10. The minimum absolute atomic E-state index is 0.169. The quantitative estimate of drug-likeness (QED) is 0.709. The molecule has 1 aliphatic heterocycles. The summed E-state index contributed by atoms with van der Waals surface area (Å²) >= 11 is 3.31. The number of amides is 1. The second-order valence-corrected chi connectivity index (χ2v) is 9.38. The highest BCUT2D eigenvalue weighted by atomic mass is 79.9. The van der Waals surface area contributed by atoms with Crippen LogP contribution in [0.1, 0.15) is 12.8 Å². The molecule has 1 aliphatic rings. The number of hydrazine groups is 1. The van der Waals surface area contributed by atoms with Crippen LogP contribution < -0.4 is 10.4 Å². The third-order valence-electron chi connectivity index (χ3n) is 4.63. The standard InChI is InChI=1S/C19H22BrN3O3S/c1-22(17-7-3-2-4-8-17)21-19(24)15-6-5-13-23(14-15)27(25,26)18-11-9-16(20)10-12-18/h2-4,7-12,15H,5-6,13-14H2,1H3,(H,21,24)/t15-/m0/s1. The Morgan fingerprint density at radius 3 is 2.48 bits per heavy atom. The molecule has 6 nitrogen and oxygen atoms in total. The fourth-order valence-electron chi connectivity index (χ4n) is 3.10. The van der Waals surface area contributed by atoms with Gasteiger partial charge in [0, 0.05) is 24.6 Å². The van der Waals surface area contributed by atoms with Crippen molar-refractivity contribution in [1.29, 1.82) is 0 Å². The van der Waals surface area contributed by atoms with E-state index in [4.69, 9.17) is 0 Å². The predicted molar refractivity (Wildman–Crippen MR) is 109 cm³/mol. The predicted octanol–water partition coefficient (Wildman–Crippen LogP) is 3.02. The molecule has 27 heavy (non-hydrogen) atoms. The van der Waals surface area contributed by atoms with Gasteiger partial charge in [-0.15, -0.1) is 0 Å². The van der Waals surface area contributed by atoms with Gasteiger partial charge in [0.05, 0.1) is 16.5 Å². The van der Waals surface area contributed by atoms with Crippen LogP contribution in [-0.2, 0) is 14.8 Å². The molecular formula is C19H22BrN3O3S. The highest BCUT2D eigenvalue weighted by Crippen LogP contribution is 2.25. The van der Waals surface area contributed by atoms with Gasteiger partial charge in [-0.3, -0.25) is 15.2 Å². The van der Waals surface area contributed by atoms with E-state index in [1.807, 2.05) is 30.3 Å². The van der Waals surface area contributed by atoms with Gasteiger partial charge >= 0.3 is 0 Å². The number of para-hydroxylation sites is 1. The van der Waals surface area contributed by atoms with Crippen molar-refractivity contribution in [3.05, 3.63) is 59.1 Å². The summed E-state index contributed by atoms with van der Waals surface area (Å²) in [5, 5.41) is 1.66. The van der Waals surface area contributed by atoms with Crippen LogP contribution in [0, 0.1) is 5.92 Å². The summed E-state index contributed by atoms with van der Waals surface area (Å²) in [6.45, 7) is 0.615. The molecule has 0 bridgehead atoms. The molecule has 8 heteroatoms. The Morgan fingerprint density at radius 1 is 1.15 bits per heavy atom. The van der Waals surface area contributed by atoms with Crippen LogP contribution in [0.3, 0.4) is 0 Å². The zero-order chi connectivity index (χ0) is 19.4. The number of nitrogens with one attached hydrogen (secondary N) is 1.